The van der Waals surface area contributed by atoms with E-state index in [2.05, 4.69) is 17.9 Å². The number of hydrogen-bond donors (Lipinski definition) is 0. The van der Waals surface area contributed by atoms with Crippen molar-refractivity contribution in [2.24, 2.45) is 0 Å². The quantitative estimate of drug-likeness (QED) is 0.726. The van der Waals surface area contributed by atoms with Gasteiger partial charge in [-0.05, 0) is 37.8 Å². The minimum absolute atomic E-state index is 0.00940. The number of rotatable bonds is 3. The predicted molar refractivity (Wildman–Crippen MR) is 120 cm³/mol. The van der Waals surface area contributed by atoms with Crippen LogP contribution in [0.15, 0.2) is 23.0 Å². The second-order valence-corrected chi connectivity index (χ2v) is 9.21. The number of hydrogen-bond acceptors (Lipinski definition) is 6. The highest BCUT2D eigenvalue weighted by molar-refractivity contribution is 5.94. The third-order valence-electron chi connectivity index (χ3n) is 7.23. The third-order valence-corrected chi connectivity index (χ3v) is 7.23. The second-order valence-electron chi connectivity index (χ2n) is 9.21. The highest BCUT2D eigenvalue weighted by Crippen LogP contribution is 2.39. The fraction of sp³-hybridized carbons (Fsp3) is 0.560. The van der Waals surface area contributed by atoms with Gasteiger partial charge in [-0.15, -0.1) is 0 Å². The molecule has 0 bridgehead atoms. The molecule has 2 aromatic heterocycles. The lowest BCUT2D eigenvalue weighted by Crippen LogP contribution is -2.54. The van der Waals surface area contributed by atoms with E-state index in [4.69, 9.17) is 14.1 Å². The van der Waals surface area contributed by atoms with Crippen LogP contribution in [0, 0.1) is 11.3 Å². The summed E-state index contributed by atoms with van der Waals surface area (Å²) in [5.74, 6) is 1.24. The molecule has 7 heteroatoms. The van der Waals surface area contributed by atoms with Crippen LogP contribution in [0.25, 0.3) is 0 Å². The Kier molecular flexibility index (Phi) is 5.88. The van der Waals surface area contributed by atoms with Crippen LogP contribution in [0.5, 0.6) is 0 Å². The fourth-order valence-electron chi connectivity index (χ4n) is 5.53. The van der Waals surface area contributed by atoms with E-state index in [-0.39, 0.29) is 11.9 Å². The minimum Gasteiger partial charge on any atom is -0.472 e. The van der Waals surface area contributed by atoms with Crippen molar-refractivity contribution in [1.82, 2.24) is 9.88 Å². The maximum absolute atomic E-state index is 12.9. The van der Waals surface area contributed by atoms with E-state index in [0.717, 1.165) is 41.9 Å². The molecule has 7 nitrogen and oxygen atoms in total. The van der Waals surface area contributed by atoms with Gasteiger partial charge in [0.15, 0.2) is 0 Å². The molecule has 1 aliphatic carbocycles. The lowest BCUT2D eigenvalue weighted by Gasteiger charge is -2.41. The molecule has 2 aromatic rings. The Labute approximate surface area is 189 Å². The monoisotopic (exact) mass is 434 g/mol. The van der Waals surface area contributed by atoms with Gasteiger partial charge in [-0.3, -0.25) is 4.79 Å². The number of aromatic nitrogens is 1. The maximum Gasteiger partial charge on any atom is 0.257 e. The molecule has 1 saturated heterocycles. The van der Waals surface area contributed by atoms with Crippen molar-refractivity contribution in [1.29, 1.82) is 5.26 Å². The van der Waals surface area contributed by atoms with Crippen molar-refractivity contribution in [3.8, 4) is 6.07 Å². The highest BCUT2D eigenvalue weighted by Gasteiger charge is 2.33. The number of ether oxygens (including phenoxy) is 1. The first-order valence-corrected chi connectivity index (χ1v) is 11.8. The van der Waals surface area contributed by atoms with Gasteiger partial charge in [0.1, 0.15) is 18.2 Å². The maximum atomic E-state index is 12.9. The van der Waals surface area contributed by atoms with Crippen LogP contribution in [0.4, 0.5) is 5.82 Å². The van der Waals surface area contributed by atoms with Gasteiger partial charge in [0.05, 0.1) is 36.3 Å². The number of carbonyl (C=O) groups excluding carboxylic acids is 1. The SMILES string of the molecule is CC1CN(c2nc(C3CCCCC3)c3c(c2C#N)CCOC3)CCN1C(=O)c1ccoc1. The topological polar surface area (TPSA) is 82.6 Å². The molecule has 32 heavy (non-hydrogen) atoms. The van der Waals surface area contributed by atoms with Crippen molar-refractivity contribution in [2.45, 2.75) is 64.0 Å². The molecule has 1 amide bonds. The molecular weight excluding hydrogens is 404 g/mol. The van der Waals surface area contributed by atoms with Crippen LogP contribution in [-0.4, -0.2) is 48.1 Å². The highest BCUT2D eigenvalue weighted by atomic mass is 16.5. The largest absolute Gasteiger partial charge is 0.472 e. The number of carbonyl (C=O) groups is 1. The van der Waals surface area contributed by atoms with Gasteiger partial charge in [-0.1, -0.05) is 19.3 Å². The molecule has 0 spiro atoms. The van der Waals surface area contributed by atoms with E-state index < -0.39 is 0 Å². The Hall–Kier alpha value is -2.85. The number of nitrogens with zero attached hydrogens (tertiary/aromatic N) is 4. The Balaban J connectivity index is 1.46. The van der Waals surface area contributed by atoms with Crippen LogP contribution < -0.4 is 4.90 Å². The molecule has 5 rings (SSSR count). The first-order valence-electron chi connectivity index (χ1n) is 11.8. The van der Waals surface area contributed by atoms with E-state index in [9.17, 15) is 10.1 Å². The molecule has 2 aliphatic heterocycles. The molecule has 1 unspecified atom stereocenters. The lowest BCUT2D eigenvalue weighted by molar-refractivity contribution is 0.0672. The van der Waals surface area contributed by atoms with Gasteiger partial charge in [-0.2, -0.15) is 5.26 Å². The molecule has 2 fully saturated rings. The van der Waals surface area contributed by atoms with Crippen molar-refractivity contribution >= 4 is 11.7 Å². The number of anilines is 1. The van der Waals surface area contributed by atoms with Crippen LogP contribution >= 0.6 is 0 Å². The minimum atomic E-state index is -0.00940. The number of pyridine rings is 1. The summed E-state index contributed by atoms with van der Waals surface area (Å²) in [5, 5.41) is 10.1. The Morgan fingerprint density at radius 1 is 1.22 bits per heavy atom. The van der Waals surface area contributed by atoms with E-state index in [1.54, 1.807) is 6.07 Å². The zero-order valence-electron chi connectivity index (χ0n) is 18.7. The first-order chi connectivity index (χ1) is 15.7. The van der Waals surface area contributed by atoms with Gasteiger partial charge >= 0.3 is 0 Å². The number of fused-ring (bicyclic) bond motifs is 1. The molecular formula is C25H30N4O3. The summed E-state index contributed by atoms with van der Waals surface area (Å²) in [7, 11) is 0. The van der Waals surface area contributed by atoms with Crippen molar-refractivity contribution in [2.75, 3.05) is 31.1 Å². The number of amides is 1. The number of furan rings is 1. The summed E-state index contributed by atoms with van der Waals surface area (Å²) in [6.45, 7) is 5.19. The van der Waals surface area contributed by atoms with E-state index >= 15 is 0 Å². The number of piperazine rings is 1. The number of nitriles is 1. The summed E-state index contributed by atoms with van der Waals surface area (Å²) in [5.41, 5.74) is 4.72. The van der Waals surface area contributed by atoms with Crippen LogP contribution in [0.2, 0.25) is 0 Å². The van der Waals surface area contributed by atoms with E-state index in [1.807, 2.05) is 4.90 Å². The van der Waals surface area contributed by atoms with Gasteiger partial charge in [0.2, 0.25) is 0 Å². The van der Waals surface area contributed by atoms with E-state index in [0.29, 0.717) is 49.9 Å². The summed E-state index contributed by atoms with van der Waals surface area (Å²) in [6.07, 6.45) is 9.89. The Morgan fingerprint density at radius 2 is 2.06 bits per heavy atom. The summed E-state index contributed by atoms with van der Waals surface area (Å²) in [4.78, 5) is 22.1. The van der Waals surface area contributed by atoms with Gasteiger partial charge in [0, 0.05) is 37.2 Å². The second kappa shape index (κ2) is 8.95. The van der Waals surface area contributed by atoms with Crippen molar-refractivity contribution in [3.63, 3.8) is 0 Å². The molecule has 0 aromatic carbocycles. The standard InChI is InChI=1S/C25H30N4O3/c1-17-14-28(9-10-29(17)25(30)19-7-11-31-15-19)24-21(13-26)20-8-12-32-16-22(20)23(27-24)18-5-3-2-4-6-18/h7,11,15,17-18H,2-6,8-10,12,14,16H2,1H3. The predicted octanol–water partition coefficient (Wildman–Crippen LogP) is 4.02. The average Bonchev–Trinajstić information content (AvgIpc) is 3.38. The van der Waals surface area contributed by atoms with Crippen molar-refractivity contribution < 1.29 is 13.9 Å². The first kappa shape index (κ1) is 21.0. The Bertz CT molecular complexity index is 1020. The molecule has 0 N–H and O–H groups in total. The van der Waals surface area contributed by atoms with Gasteiger partial charge in [-0.25, -0.2) is 4.98 Å². The molecule has 1 atom stereocenters. The van der Waals surface area contributed by atoms with Gasteiger partial charge in [0.25, 0.3) is 5.91 Å². The Morgan fingerprint density at radius 3 is 2.78 bits per heavy atom. The van der Waals surface area contributed by atoms with Gasteiger partial charge < -0.3 is 19.0 Å². The lowest BCUT2D eigenvalue weighted by atomic mass is 9.82. The van der Waals surface area contributed by atoms with Crippen LogP contribution in [0.3, 0.4) is 0 Å². The molecule has 3 aliphatic rings. The molecule has 1 saturated carbocycles. The smallest absolute Gasteiger partial charge is 0.257 e. The summed E-state index contributed by atoms with van der Waals surface area (Å²) < 4.78 is 10.9. The average molecular weight is 435 g/mol. The molecule has 0 radical (unpaired) electrons. The van der Waals surface area contributed by atoms with Crippen molar-refractivity contribution in [3.05, 3.63) is 46.5 Å². The van der Waals surface area contributed by atoms with E-state index in [1.165, 1.54) is 31.8 Å². The normalized spacial score (nSPS) is 21.8. The third kappa shape index (κ3) is 3.77. The summed E-state index contributed by atoms with van der Waals surface area (Å²) in [6, 6.07) is 4.19. The molecule has 168 valence electrons. The zero-order valence-corrected chi connectivity index (χ0v) is 18.7. The zero-order chi connectivity index (χ0) is 22.1. The summed E-state index contributed by atoms with van der Waals surface area (Å²) >= 11 is 0. The molecule has 4 heterocycles. The van der Waals surface area contributed by atoms with Crippen LogP contribution in [-0.2, 0) is 17.8 Å². The fourth-order valence-corrected chi connectivity index (χ4v) is 5.53. The van der Waals surface area contributed by atoms with Crippen LogP contribution in [0.1, 0.15) is 77.7 Å².